The minimum atomic E-state index is 0.0143. The van der Waals surface area contributed by atoms with Gasteiger partial charge in [0.1, 0.15) is 0 Å². The average Bonchev–Trinajstić information content (AvgIpc) is 2.75. The molecule has 0 aliphatic rings. The molecule has 1 N–H and O–H groups in total. The minimum Gasteiger partial charge on any atom is -0.308 e. The molecule has 19 heavy (non-hydrogen) atoms. The van der Waals surface area contributed by atoms with Gasteiger partial charge >= 0.3 is 0 Å². The van der Waals surface area contributed by atoms with Crippen molar-refractivity contribution in [1.82, 2.24) is 20.1 Å². The molecule has 0 saturated heterocycles. The highest BCUT2D eigenvalue weighted by Gasteiger charge is 2.23. The molecule has 5 heteroatoms. The van der Waals surface area contributed by atoms with Gasteiger partial charge < -0.3 is 5.32 Å². The molecule has 102 valence electrons. The summed E-state index contributed by atoms with van der Waals surface area (Å²) in [6, 6.07) is 2.30. The minimum absolute atomic E-state index is 0.0143. The summed E-state index contributed by atoms with van der Waals surface area (Å²) in [5.74, 6) is 0. The molecule has 0 radical (unpaired) electrons. The first-order valence-electron chi connectivity index (χ1n) is 6.37. The summed E-state index contributed by atoms with van der Waals surface area (Å²) in [7, 11) is 1.93. The molecular formula is C14H19ClN4. The van der Waals surface area contributed by atoms with Crippen LogP contribution >= 0.6 is 11.6 Å². The van der Waals surface area contributed by atoms with Gasteiger partial charge in [-0.3, -0.25) is 9.67 Å². The number of aromatic nitrogens is 3. The van der Waals surface area contributed by atoms with Crippen LogP contribution in [-0.4, -0.2) is 21.8 Å². The van der Waals surface area contributed by atoms with E-state index in [1.165, 1.54) is 5.56 Å². The quantitative estimate of drug-likeness (QED) is 0.934. The molecule has 2 rings (SSSR count). The Hall–Kier alpha value is -1.39. The molecule has 0 spiro atoms. The van der Waals surface area contributed by atoms with Gasteiger partial charge in [0.15, 0.2) is 0 Å². The van der Waals surface area contributed by atoms with Crippen LogP contribution in [0.15, 0.2) is 24.7 Å². The molecule has 1 unspecified atom stereocenters. The zero-order valence-electron chi connectivity index (χ0n) is 11.7. The van der Waals surface area contributed by atoms with Crippen molar-refractivity contribution in [3.63, 3.8) is 0 Å². The third kappa shape index (κ3) is 2.65. The SMILES string of the molecule is CNC(c1ccncc1C)c1c(Cl)cnn1C(C)C. The Labute approximate surface area is 118 Å². The van der Waals surface area contributed by atoms with Crippen molar-refractivity contribution in [2.45, 2.75) is 32.9 Å². The summed E-state index contributed by atoms with van der Waals surface area (Å²) < 4.78 is 1.96. The summed E-state index contributed by atoms with van der Waals surface area (Å²) >= 11 is 6.33. The van der Waals surface area contributed by atoms with Crippen LogP contribution in [0.2, 0.25) is 5.02 Å². The lowest BCUT2D eigenvalue weighted by Crippen LogP contribution is -2.23. The summed E-state index contributed by atoms with van der Waals surface area (Å²) in [4.78, 5) is 4.14. The van der Waals surface area contributed by atoms with Crippen molar-refractivity contribution in [2.24, 2.45) is 0 Å². The monoisotopic (exact) mass is 278 g/mol. The predicted molar refractivity (Wildman–Crippen MR) is 77.5 cm³/mol. The Morgan fingerprint density at radius 3 is 2.63 bits per heavy atom. The second-order valence-electron chi connectivity index (χ2n) is 4.87. The number of nitrogens with one attached hydrogen (secondary N) is 1. The van der Waals surface area contributed by atoms with Crippen molar-refractivity contribution in [3.8, 4) is 0 Å². The molecular weight excluding hydrogens is 260 g/mol. The summed E-state index contributed by atoms with van der Waals surface area (Å²) in [5, 5.41) is 8.38. The maximum atomic E-state index is 6.33. The van der Waals surface area contributed by atoms with Crippen LogP contribution in [0.25, 0.3) is 0 Å². The number of pyridine rings is 1. The van der Waals surface area contributed by atoms with Crippen LogP contribution in [0.4, 0.5) is 0 Å². The first-order valence-corrected chi connectivity index (χ1v) is 6.74. The lowest BCUT2D eigenvalue weighted by molar-refractivity contribution is 0.483. The highest BCUT2D eigenvalue weighted by Crippen LogP contribution is 2.31. The molecule has 4 nitrogen and oxygen atoms in total. The smallest absolute Gasteiger partial charge is 0.0837 e. The number of aryl methyl sites for hydroxylation is 1. The number of halogens is 1. The van der Waals surface area contributed by atoms with Crippen molar-refractivity contribution in [1.29, 1.82) is 0 Å². The third-order valence-electron chi connectivity index (χ3n) is 3.21. The number of hydrogen-bond donors (Lipinski definition) is 1. The normalized spacial score (nSPS) is 12.9. The number of hydrogen-bond acceptors (Lipinski definition) is 3. The fourth-order valence-corrected chi connectivity index (χ4v) is 2.52. The van der Waals surface area contributed by atoms with E-state index in [-0.39, 0.29) is 12.1 Å². The van der Waals surface area contributed by atoms with E-state index in [0.717, 1.165) is 11.3 Å². The molecule has 2 aromatic heterocycles. The molecule has 0 aromatic carbocycles. The van der Waals surface area contributed by atoms with Gasteiger partial charge in [-0.25, -0.2) is 0 Å². The summed E-state index contributed by atoms with van der Waals surface area (Å²) in [6.07, 6.45) is 5.37. The lowest BCUT2D eigenvalue weighted by atomic mass is 10.0. The Morgan fingerprint density at radius 1 is 1.32 bits per heavy atom. The van der Waals surface area contributed by atoms with Gasteiger partial charge in [-0.05, 0) is 45.0 Å². The Morgan fingerprint density at radius 2 is 2.05 bits per heavy atom. The van der Waals surface area contributed by atoms with Gasteiger partial charge in [0.2, 0.25) is 0 Å². The third-order valence-corrected chi connectivity index (χ3v) is 3.50. The fraction of sp³-hybridized carbons (Fsp3) is 0.429. The van der Waals surface area contributed by atoms with E-state index in [1.807, 2.05) is 24.0 Å². The van der Waals surface area contributed by atoms with Crippen LogP contribution in [0, 0.1) is 6.92 Å². The largest absolute Gasteiger partial charge is 0.308 e. The molecule has 0 amide bonds. The van der Waals surface area contributed by atoms with Crippen molar-refractivity contribution in [2.75, 3.05) is 7.05 Å². The predicted octanol–water partition coefficient (Wildman–Crippen LogP) is 3.13. The molecule has 0 aliphatic heterocycles. The number of nitrogens with zero attached hydrogens (tertiary/aromatic N) is 3. The molecule has 0 aliphatic carbocycles. The second-order valence-corrected chi connectivity index (χ2v) is 5.28. The standard InChI is InChI=1S/C14H19ClN4/c1-9(2)19-14(12(15)8-18-19)13(16-4)11-5-6-17-7-10(11)3/h5-9,13,16H,1-4H3. The van der Waals surface area contributed by atoms with E-state index in [2.05, 4.69) is 36.2 Å². The highest BCUT2D eigenvalue weighted by atomic mass is 35.5. The molecule has 0 bridgehead atoms. The lowest BCUT2D eigenvalue weighted by Gasteiger charge is -2.22. The van der Waals surface area contributed by atoms with Crippen molar-refractivity contribution >= 4 is 11.6 Å². The Bertz CT molecular complexity index is 562. The van der Waals surface area contributed by atoms with E-state index in [9.17, 15) is 0 Å². The van der Waals surface area contributed by atoms with E-state index in [4.69, 9.17) is 11.6 Å². The zero-order valence-corrected chi connectivity index (χ0v) is 12.4. The van der Waals surface area contributed by atoms with Crippen LogP contribution in [0.5, 0.6) is 0 Å². The first-order chi connectivity index (χ1) is 9.06. The Balaban J connectivity index is 2.55. The van der Waals surface area contributed by atoms with Gasteiger partial charge in [0, 0.05) is 18.4 Å². The van der Waals surface area contributed by atoms with Gasteiger partial charge in [-0.2, -0.15) is 5.10 Å². The van der Waals surface area contributed by atoms with Crippen molar-refractivity contribution < 1.29 is 0 Å². The van der Waals surface area contributed by atoms with E-state index >= 15 is 0 Å². The second kappa shape index (κ2) is 5.72. The molecule has 2 heterocycles. The maximum absolute atomic E-state index is 6.33. The maximum Gasteiger partial charge on any atom is 0.0837 e. The topological polar surface area (TPSA) is 42.7 Å². The number of rotatable bonds is 4. The first kappa shape index (κ1) is 14.0. The summed E-state index contributed by atoms with van der Waals surface area (Å²) in [5.41, 5.74) is 3.30. The Kier molecular flexibility index (Phi) is 4.22. The van der Waals surface area contributed by atoms with E-state index in [1.54, 1.807) is 12.4 Å². The van der Waals surface area contributed by atoms with Crippen LogP contribution in [-0.2, 0) is 0 Å². The zero-order chi connectivity index (χ0) is 14.0. The van der Waals surface area contributed by atoms with Crippen molar-refractivity contribution in [3.05, 3.63) is 46.5 Å². The van der Waals surface area contributed by atoms with Gasteiger partial charge in [0.05, 0.1) is 23.0 Å². The van der Waals surface area contributed by atoms with E-state index < -0.39 is 0 Å². The van der Waals surface area contributed by atoms with Crippen LogP contribution < -0.4 is 5.32 Å². The van der Waals surface area contributed by atoms with Gasteiger partial charge in [-0.1, -0.05) is 11.6 Å². The summed E-state index contributed by atoms with van der Waals surface area (Å²) in [6.45, 7) is 6.24. The molecule has 0 fully saturated rings. The van der Waals surface area contributed by atoms with Crippen LogP contribution in [0.1, 0.15) is 42.8 Å². The molecule has 0 saturated carbocycles. The van der Waals surface area contributed by atoms with Crippen LogP contribution in [0.3, 0.4) is 0 Å². The van der Waals surface area contributed by atoms with Gasteiger partial charge in [0.25, 0.3) is 0 Å². The van der Waals surface area contributed by atoms with E-state index in [0.29, 0.717) is 5.02 Å². The average molecular weight is 279 g/mol. The fourth-order valence-electron chi connectivity index (χ4n) is 2.28. The van der Waals surface area contributed by atoms with Gasteiger partial charge in [-0.15, -0.1) is 0 Å². The molecule has 1 atom stereocenters. The highest BCUT2D eigenvalue weighted by molar-refractivity contribution is 6.31. The molecule has 2 aromatic rings.